The van der Waals surface area contributed by atoms with Crippen molar-refractivity contribution in [3.63, 3.8) is 0 Å². The summed E-state index contributed by atoms with van der Waals surface area (Å²) in [5, 5.41) is 1.11. The summed E-state index contributed by atoms with van der Waals surface area (Å²) >= 11 is 0. The van der Waals surface area contributed by atoms with E-state index in [2.05, 4.69) is 9.88 Å². The molecule has 14 heteroatoms. The van der Waals surface area contributed by atoms with Crippen molar-refractivity contribution in [1.29, 1.82) is 0 Å². The lowest BCUT2D eigenvalue weighted by molar-refractivity contribution is -0.120. The number of methoxy groups -OCH3 is 1. The number of carbonyl (C=O) groups excluding carboxylic acids is 2. The third-order valence-corrected chi connectivity index (χ3v) is 13.9. The van der Waals surface area contributed by atoms with E-state index in [1.165, 1.54) is 25.3 Å². The molecule has 3 aliphatic heterocycles. The van der Waals surface area contributed by atoms with Gasteiger partial charge < -0.3 is 33.5 Å². The van der Waals surface area contributed by atoms with Crippen LogP contribution in [0.5, 0.6) is 11.8 Å². The molecule has 0 radical (unpaired) electrons. The number of piperazine rings is 1. The van der Waals surface area contributed by atoms with Gasteiger partial charge in [0.1, 0.15) is 40.6 Å². The molecule has 9 rings (SSSR count). The molecule has 3 aromatic carbocycles. The smallest absolute Gasteiger partial charge is 0.410 e. The van der Waals surface area contributed by atoms with Crippen molar-refractivity contribution in [1.82, 2.24) is 19.8 Å². The molecule has 2 atom stereocenters. The maximum absolute atomic E-state index is 17.6. The van der Waals surface area contributed by atoms with Crippen molar-refractivity contribution in [2.24, 2.45) is 16.7 Å². The van der Waals surface area contributed by atoms with Crippen molar-refractivity contribution >= 4 is 39.9 Å². The van der Waals surface area contributed by atoms with Gasteiger partial charge in [-0.15, -0.1) is 0 Å². The number of piperidine rings is 1. The van der Waals surface area contributed by atoms with Gasteiger partial charge in [-0.2, -0.15) is 9.97 Å². The summed E-state index contributed by atoms with van der Waals surface area (Å²) in [7, 11) is 1.48. The number of halogens is 3. The zero-order valence-electron chi connectivity index (χ0n) is 35.8. The molecule has 326 valence electrons. The van der Waals surface area contributed by atoms with Crippen molar-refractivity contribution < 1.29 is 41.7 Å². The van der Waals surface area contributed by atoms with Crippen molar-refractivity contribution in [2.45, 2.75) is 103 Å². The Balaban J connectivity index is 1.08. The first kappa shape index (κ1) is 41.7. The molecule has 4 aromatic rings. The molecule has 2 unspecified atom stereocenters. The van der Waals surface area contributed by atoms with Crippen LogP contribution in [0.1, 0.15) is 84.6 Å². The summed E-state index contributed by atoms with van der Waals surface area (Å²) in [5.41, 5.74) is -0.475. The number of likely N-dealkylation sites (tertiary alicyclic amines) is 1. The predicted molar refractivity (Wildman–Crippen MR) is 225 cm³/mol. The van der Waals surface area contributed by atoms with Gasteiger partial charge in [-0.25, -0.2) is 18.0 Å². The van der Waals surface area contributed by atoms with E-state index < -0.39 is 23.1 Å². The Morgan fingerprint density at radius 2 is 1.67 bits per heavy atom. The van der Waals surface area contributed by atoms with Crippen molar-refractivity contribution in [2.75, 3.05) is 58.1 Å². The SMILES string of the molecule is CCc1c(F)ccc2cc(OCOC)cc(-c3c(F)cc4c(N5CC6CCC(C5)N6C(=O)OC(C)(C)C)nc(OCC5(CN6CCC7(CC6)CC(C=O)C7)CC5)nc4c3F)c12. The summed E-state index contributed by atoms with van der Waals surface area (Å²) in [6.07, 6.45) is 8.67. The van der Waals surface area contributed by atoms with E-state index in [9.17, 15) is 9.59 Å². The van der Waals surface area contributed by atoms with E-state index in [-0.39, 0.29) is 70.8 Å². The molecule has 1 spiro atoms. The molecule has 4 heterocycles. The zero-order valence-corrected chi connectivity index (χ0v) is 35.8. The van der Waals surface area contributed by atoms with Crippen LogP contribution in [0.25, 0.3) is 32.8 Å². The number of hydrogen-bond donors (Lipinski definition) is 0. The number of benzene rings is 3. The van der Waals surface area contributed by atoms with Gasteiger partial charge in [-0.1, -0.05) is 13.0 Å². The average Bonchev–Trinajstić information content (AvgIpc) is 3.92. The number of anilines is 1. The maximum atomic E-state index is 17.6. The van der Waals surface area contributed by atoms with E-state index in [0.29, 0.717) is 53.0 Å². The summed E-state index contributed by atoms with van der Waals surface area (Å²) in [5.74, 6) is -1.42. The minimum atomic E-state index is -0.924. The summed E-state index contributed by atoms with van der Waals surface area (Å²) in [4.78, 5) is 40.5. The highest BCUT2D eigenvalue weighted by atomic mass is 19.1. The fourth-order valence-corrected chi connectivity index (χ4v) is 10.6. The standard InChI is InChI=1S/C47H56F3N5O6/c1-6-33-36(48)10-7-29-17-32(60-27-58-5)18-34(38(29)33)39-37(49)19-35-41(40(39)50)51-43(52-42(35)54-22-30-8-9-31(23-54)55(30)44(57)61-45(2,3)4)59-26-47(11-12-47)25-53-15-13-46(14-16-53)20-28(21-46)24-56/h7,10,17-19,24,28,30-31H,6,8-9,11-16,20-23,25-27H2,1-5H3. The van der Waals surface area contributed by atoms with E-state index in [4.69, 9.17) is 23.9 Å². The van der Waals surface area contributed by atoms with Crippen LogP contribution in [0.3, 0.4) is 0 Å². The monoisotopic (exact) mass is 843 g/mol. The van der Waals surface area contributed by atoms with E-state index >= 15 is 13.2 Å². The van der Waals surface area contributed by atoms with Crippen LogP contribution in [0.15, 0.2) is 30.3 Å². The highest BCUT2D eigenvalue weighted by Gasteiger charge is 2.50. The van der Waals surface area contributed by atoms with E-state index in [1.807, 2.05) is 25.7 Å². The van der Waals surface area contributed by atoms with Crippen LogP contribution in [0, 0.1) is 34.2 Å². The number of carbonyl (C=O) groups is 2. The molecule has 5 aliphatic rings. The van der Waals surface area contributed by atoms with Gasteiger partial charge in [0.25, 0.3) is 0 Å². The molecule has 2 aliphatic carbocycles. The van der Waals surface area contributed by atoms with Crippen LogP contribution in [0.4, 0.5) is 23.8 Å². The number of aldehydes is 1. The second kappa shape index (κ2) is 15.9. The molecule has 1 amide bonds. The third kappa shape index (κ3) is 7.98. The van der Waals surface area contributed by atoms with Gasteiger partial charge in [0, 0.05) is 43.5 Å². The molecule has 11 nitrogen and oxygen atoms in total. The van der Waals surface area contributed by atoms with Crippen LogP contribution in [-0.4, -0.2) is 103 Å². The van der Waals surface area contributed by atoms with Gasteiger partial charge >= 0.3 is 12.1 Å². The summed E-state index contributed by atoms with van der Waals surface area (Å²) < 4.78 is 73.0. The fraction of sp³-hybridized carbons (Fsp3) is 0.574. The van der Waals surface area contributed by atoms with Crippen LogP contribution >= 0.6 is 0 Å². The number of fused-ring (bicyclic) bond motifs is 4. The first-order chi connectivity index (χ1) is 29.2. The molecule has 3 saturated heterocycles. The highest BCUT2D eigenvalue weighted by Crippen LogP contribution is 2.53. The fourth-order valence-electron chi connectivity index (χ4n) is 10.6. The lowest BCUT2D eigenvalue weighted by Crippen LogP contribution is -2.57. The quantitative estimate of drug-likeness (QED) is 0.102. The van der Waals surface area contributed by atoms with Crippen molar-refractivity contribution in [3.05, 3.63) is 53.3 Å². The maximum Gasteiger partial charge on any atom is 0.410 e. The Labute approximate surface area is 354 Å². The molecule has 61 heavy (non-hydrogen) atoms. The molecule has 5 fully saturated rings. The van der Waals surface area contributed by atoms with Crippen LogP contribution < -0.4 is 14.4 Å². The Kier molecular flexibility index (Phi) is 10.9. The van der Waals surface area contributed by atoms with Crippen molar-refractivity contribution in [3.8, 4) is 22.9 Å². The first-order valence-corrected chi connectivity index (χ1v) is 21.9. The second-order valence-corrected chi connectivity index (χ2v) is 19.3. The van der Waals surface area contributed by atoms with Crippen LogP contribution in [0.2, 0.25) is 0 Å². The highest BCUT2D eigenvalue weighted by molar-refractivity contribution is 6.03. The number of aryl methyl sites for hydroxylation is 1. The number of amides is 1. The molecule has 2 bridgehead atoms. The largest absolute Gasteiger partial charge is 0.468 e. The Morgan fingerprint density at radius 1 is 0.951 bits per heavy atom. The van der Waals surface area contributed by atoms with Gasteiger partial charge in [0.2, 0.25) is 0 Å². The number of hydrogen-bond acceptors (Lipinski definition) is 10. The number of nitrogens with zero attached hydrogens (tertiary/aromatic N) is 5. The number of rotatable bonds is 12. The average molecular weight is 844 g/mol. The Morgan fingerprint density at radius 3 is 2.31 bits per heavy atom. The van der Waals surface area contributed by atoms with Gasteiger partial charge in [0.15, 0.2) is 12.6 Å². The minimum Gasteiger partial charge on any atom is -0.468 e. The Bertz CT molecular complexity index is 2340. The second-order valence-electron chi connectivity index (χ2n) is 19.3. The summed E-state index contributed by atoms with van der Waals surface area (Å²) in [6.45, 7) is 11.1. The minimum absolute atomic E-state index is 0.0125. The number of aromatic nitrogens is 2. The van der Waals surface area contributed by atoms with E-state index in [1.54, 1.807) is 24.0 Å². The molecule has 1 aromatic heterocycles. The Hall–Kier alpha value is -4.69. The lowest BCUT2D eigenvalue weighted by atomic mass is 9.58. The molecular formula is C47H56F3N5O6. The molecule has 2 saturated carbocycles. The normalized spacial score (nSPS) is 22.2. The van der Waals surface area contributed by atoms with E-state index in [0.717, 1.165) is 77.3 Å². The van der Waals surface area contributed by atoms with Gasteiger partial charge in [-0.3, -0.25) is 4.90 Å². The molecular weight excluding hydrogens is 788 g/mol. The zero-order chi connectivity index (χ0) is 42.8. The molecule has 0 N–H and O–H groups in total. The summed E-state index contributed by atoms with van der Waals surface area (Å²) in [6, 6.07) is 7.02. The third-order valence-electron chi connectivity index (χ3n) is 13.9. The first-order valence-electron chi connectivity index (χ1n) is 21.9. The van der Waals surface area contributed by atoms with Crippen LogP contribution in [-0.2, 0) is 20.7 Å². The topological polar surface area (TPSA) is 107 Å². The van der Waals surface area contributed by atoms with Gasteiger partial charge in [0.05, 0.1) is 24.3 Å². The number of ether oxygens (including phenoxy) is 4. The lowest BCUT2D eigenvalue weighted by Gasteiger charge is -2.51. The van der Waals surface area contributed by atoms with Gasteiger partial charge in [-0.05, 0) is 143 Å². The predicted octanol–water partition coefficient (Wildman–Crippen LogP) is 8.85.